The molecule has 8 nitrogen and oxygen atoms in total. The minimum Gasteiger partial charge on any atom is -0.439 e. The second kappa shape index (κ2) is 8.87. The summed E-state index contributed by atoms with van der Waals surface area (Å²) in [5.74, 6) is 1.05. The standard InChI is InChI=1S/C25H19N5O3S/c1-18-5-7-21(33-25-4-2-3-11-28-25)15-23(18)30(24-10-13-27-17-29-24)34(31,32)22-8-6-20-16-26-12-9-19(20)14-22/h2-17H,1H3. The molecule has 0 atom stereocenters. The van der Waals surface area contributed by atoms with E-state index in [2.05, 4.69) is 19.9 Å². The van der Waals surface area contributed by atoms with E-state index in [0.717, 1.165) is 16.3 Å². The first-order valence-electron chi connectivity index (χ1n) is 10.4. The molecular weight excluding hydrogens is 450 g/mol. The number of hydrogen-bond donors (Lipinski definition) is 0. The van der Waals surface area contributed by atoms with E-state index in [9.17, 15) is 8.42 Å². The van der Waals surface area contributed by atoms with Crippen molar-refractivity contribution in [2.45, 2.75) is 11.8 Å². The van der Waals surface area contributed by atoms with Gasteiger partial charge in [0.1, 0.15) is 12.1 Å². The average Bonchev–Trinajstić information content (AvgIpc) is 2.87. The van der Waals surface area contributed by atoms with Gasteiger partial charge in [-0.3, -0.25) is 4.98 Å². The maximum Gasteiger partial charge on any atom is 0.269 e. The highest BCUT2D eigenvalue weighted by Gasteiger charge is 2.29. The fraction of sp³-hybridized carbons (Fsp3) is 0.0400. The summed E-state index contributed by atoms with van der Waals surface area (Å²) in [5.41, 5.74) is 1.13. The van der Waals surface area contributed by atoms with Gasteiger partial charge in [-0.1, -0.05) is 18.2 Å². The van der Waals surface area contributed by atoms with Gasteiger partial charge in [0.05, 0.1) is 10.6 Å². The molecule has 5 aromatic rings. The highest BCUT2D eigenvalue weighted by Crippen LogP contribution is 2.36. The lowest BCUT2D eigenvalue weighted by atomic mass is 10.2. The monoisotopic (exact) mass is 469 g/mol. The van der Waals surface area contributed by atoms with Gasteiger partial charge < -0.3 is 4.74 Å². The Kier molecular flexibility index (Phi) is 5.60. The molecule has 34 heavy (non-hydrogen) atoms. The molecule has 0 unspecified atom stereocenters. The highest BCUT2D eigenvalue weighted by molar-refractivity contribution is 7.93. The maximum absolute atomic E-state index is 14.0. The molecule has 0 fully saturated rings. The zero-order chi connectivity index (χ0) is 23.5. The molecule has 5 rings (SSSR count). The van der Waals surface area contributed by atoms with Gasteiger partial charge >= 0.3 is 0 Å². The first-order valence-corrected chi connectivity index (χ1v) is 11.8. The van der Waals surface area contributed by atoms with Crippen molar-refractivity contribution in [3.63, 3.8) is 0 Å². The molecule has 2 aromatic carbocycles. The van der Waals surface area contributed by atoms with Crippen molar-refractivity contribution in [1.82, 2.24) is 19.9 Å². The van der Waals surface area contributed by atoms with Gasteiger partial charge in [-0.15, -0.1) is 0 Å². The summed E-state index contributed by atoms with van der Waals surface area (Å²) >= 11 is 0. The quantitative estimate of drug-likeness (QED) is 0.343. The number of pyridine rings is 2. The van der Waals surface area contributed by atoms with E-state index in [-0.39, 0.29) is 10.7 Å². The second-order valence-electron chi connectivity index (χ2n) is 7.44. The summed E-state index contributed by atoms with van der Waals surface area (Å²) in [6, 6.07) is 18.8. The van der Waals surface area contributed by atoms with Crippen molar-refractivity contribution in [2.24, 2.45) is 0 Å². The minimum absolute atomic E-state index is 0.125. The molecule has 0 amide bonds. The Balaban J connectivity index is 1.65. The third kappa shape index (κ3) is 4.16. The Morgan fingerprint density at radius 3 is 2.50 bits per heavy atom. The predicted molar refractivity (Wildman–Crippen MR) is 129 cm³/mol. The number of ether oxygens (including phenoxy) is 1. The van der Waals surface area contributed by atoms with Crippen LogP contribution in [0.2, 0.25) is 0 Å². The molecule has 0 aliphatic carbocycles. The fourth-order valence-corrected chi connectivity index (χ4v) is 5.04. The number of nitrogens with zero attached hydrogens (tertiary/aromatic N) is 5. The van der Waals surface area contributed by atoms with Crippen LogP contribution >= 0.6 is 0 Å². The zero-order valence-electron chi connectivity index (χ0n) is 18.1. The van der Waals surface area contributed by atoms with Crippen molar-refractivity contribution < 1.29 is 13.2 Å². The second-order valence-corrected chi connectivity index (χ2v) is 9.23. The van der Waals surface area contributed by atoms with Crippen molar-refractivity contribution in [3.05, 3.63) is 103 Å². The van der Waals surface area contributed by atoms with Crippen LogP contribution in [0.4, 0.5) is 11.5 Å². The average molecular weight is 470 g/mol. The van der Waals surface area contributed by atoms with Crippen LogP contribution in [0.25, 0.3) is 10.8 Å². The van der Waals surface area contributed by atoms with Crippen LogP contribution in [-0.4, -0.2) is 28.4 Å². The first kappa shape index (κ1) is 21.5. The smallest absolute Gasteiger partial charge is 0.269 e. The Morgan fingerprint density at radius 1 is 0.824 bits per heavy atom. The first-order chi connectivity index (χ1) is 16.5. The van der Waals surface area contributed by atoms with Crippen LogP contribution in [0.5, 0.6) is 11.6 Å². The van der Waals surface area contributed by atoms with Gasteiger partial charge in [0.2, 0.25) is 5.88 Å². The summed E-state index contributed by atoms with van der Waals surface area (Å²) in [5, 5.41) is 1.61. The van der Waals surface area contributed by atoms with E-state index in [1.807, 2.05) is 13.0 Å². The van der Waals surface area contributed by atoms with Crippen molar-refractivity contribution in [3.8, 4) is 11.6 Å². The van der Waals surface area contributed by atoms with Gasteiger partial charge in [0.15, 0.2) is 5.82 Å². The summed E-state index contributed by atoms with van der Waals surface area (Å²) in [6.07, 6.45) is 7.76. The van der Waals surface area contributed by atoms with E-state index in [4.69, 9.17) is 4.74 Å². The number of rotatable bonds is 6. The fourth-order valence-electron chi connectivity index (χ4n) is 3.51. The number of hydrogen-bond acceptors (Lipinski definition) is 7. The topological polar surface area (TPSA) is 98.2 Å². The number of sulfonamides is 1. The van der Waals surface area contributed by atoms with Crippen molar-refractivity contribution >= 4 is 32.3 Å². The summed E-state index contributed by atoms with van der Waals surface area (Å²) in [7, 11) is -4.06. The van der Waals surface area contributed by atoms with Gasteiger partial charge in [0.25, 0.3) is 10.0 Å². The van der Waals surface area contributed by atoms with Crippen molar-refractivity contribution in [2.75, 3.05) is 4.31 Å². The molecule has 0 aliphatic rings. The summed E-state index contributed by atoms with van der Waals surface area (Å²) in [6.45, 7) is 1.83. The number of anilines is 2. The Bertz CT molecular complexity index is 1560. The molecule has 3 heterocycles. The third-order valence-electron chi connectivity index (χ3n) is 5.18. The van der Waals surface area contributed by atoms with Gasteiger partial charge in [-0.05, 0) is 48.2 Å². The highest BCUT2D eigenvalue weighted by atomic mass is 32.2. The lowest BCUT2D eigenvalue weighted by Gasteiger charge is -2.25. The normalized spacial score (nSPS) is 11.3. The number of aryl methyl sites for hydroxylation is 1. The molecular formula is C25H19N5O3S. The maximum atomic E-state index is 14.0. The Labute approximate surface area is 196 Å². The van der Waals surface area contributed by atoms with E-state index in [1.54, 1.807) is 79.3 Å². The molecule has 0 spiro atoms. The van der Waals surface area contributed by atoms with Crippen LogP contribution in [0.3, 0.4) is 0 Å². The molecule has 0 N–H and O–H groups in total. The van der Waals surface area contributed by atoms with Crippen LogP contribution in [0, 0.1) is 6.92 Å². The van der Waals surface area contributed by atoms with Gasteiger partial charge in [0, 0.05) is 48.4 Å². The molecule has 9 heteroatoms. The molecule has 0 radical (unpaired) electrons. The van der Waals surface area contributed by atoms with E-state index < -0.39 is 10.0 Å². The van der Waals surface area contributed by atoms with Gasteiger partial charge in [-0.25, -0.2) is 27.7 Å². The molecule has 168 valence electrons. The molecule has 0 saturated carbocycles. The van der Waals surface area contributed by atoms with Crippen LogP contribution < -0.4 is 9.04 Å². The predicted octanol–water partition coefficient (Wildman–Crippen LogP) is 5.05. The van der Waals surface area contributed by atoms with E-state index in [1.165, 1.54) is 16.8 Å². The molecule has 0 bridgehead atoms. The number of fused-ring (bicyclic) bond motifs is 1. The van der Waals surface area contributed by atoms with Crippen molar-refractivity contribution in [1.29, 1.82) is 0 Å². The number of aromatic nitrogens is 4. The Hall–Kier alpha value is -4.37. The molecule has 0 saturated heterocycles. The Morgan fingerprint density at radius 2 is 1.71 bits per heavy atom. The summed E-state index contributed by atoms with van der Waals surface area (Å²) in [4.78, 5) is 16.6. The van der Waals surface area contributed by atoms with Crippen LogP contribution in [0.1, 0.15) is 5.56 Å². The third-order valence-corrected chi connectivity index (χ3v) is 6.90. The van der Waals surface area contributed by atoms with Gasteiger partial charge in [-0.2, -0.15) is 0 Å². The van der Waals surface area contributed by atoms with Crippen LogP contribution in [-0.2, 0) is 10.0 Å². The molecule has 3 aromatic heterocycles. The van der Waals surface area contributed by atoms with Crippen LogP contribution in [0.15, 0.2) is 103 Å². The van der Waals surface area contributed by atoms with E-state index >= 15 is 0 Å². The van der Waals surface area contributed by atoms with E-state index in [0.29, 0.717) is 17.3 Å². The lowest BCUT2D eigenvalue weighted by Crippen LogP contribution is -2.27. The summed E-state index contributed by atoms with van der Waals surface area (Å²) < 4.78 is 35.1. The number of benzene rings is 2. The SMILES string of the molecule is Cc1ccc(Oc2ccccn2)cc1N(c1ccncn1)S(=O)(=O)c1ccc2cnccc2c1. The lowest BCUT2D eigenvalue weighted by molar-refractivity contribution is 0.463. The zero-order valence-corrected chi connectivity index (χ0v) is 18.9. The largest absolute Gasteiger partial charge is 0.439 e. The minimum atomic E-state index is -4.06. The molecule has 0 aliphatic heterocycles.